The van der Waals surface area contributed by atoms with Gasteiger partial charge in [0.15, 0.2) is 0 Å². The fourth-order valence-corrected chi connectivity index (χ4v) is 2.22. The first-order chi connectivity index (χ1) is 9.95. The van der Waals surface area contributed by atoms with Crippen LogP contribution in [0.25, 0.3) is 0 Å². The molecule has 0 N–H and O–H groups in total. The standard InChI is InChI=1S/C15H18N2O4/c1-10(2)8-16-13(18)14(19)17(15(16)20)9-11-6-4-5-7-12(11)21-3/h4-7,10H,8-9H2,1-3H3. The number of para-hydroxylation sites is 1. The Morgan fingerprint density at radius 1 is 1.05 bits per heavy atom. The van der Waals surface area contributed by atoms with Gasteiger partial charge >= 0.3 is 17.8 Å². The molecule has 1 aliphatic rings. The van der Waals surface area contributed by atoms with Crippen LogP contribution in [0.3, 0.4) is 0 Å². The molecule has 21 heavy (non-hydrogen) atoms. The molecule has 2 rings (SSSR count). The molecule has 1 saturated heterocycles. The summed E-state index contributed by atoms with van der Waals surface area (Å²) in [5, 5.41) is 0. The molecule has 1 aromatic carbocycles. The van der Waals surface area contributed by atoms with E-state index in [9.17, 15) is 14.4 Å². The molecule has 1 aromatic rings. The number of hydrogen-bond donors (Lipinski definition) is 0. The molecule has 0 aromatic heterocycles. The summed E-state index contributed by atoms with van der Waals surface area (Å²) < 4.78 is 5.20. The van der Waals surface area contributed by atoms with Gasteiger partial charge in [0.25, 0.3) is 0 Å². The summed E-state index contributed by atoms with van der Waals surface area (Å²) in [5.74, 6) is -0.861. The van der Waals surface area contributed by atoms with Crippen molar-refractivity contribution >= 4 is 17.8 Å². The lowest BCUT2D eigenvalue weighted by molar-refractivity contribution is -0.143. The molecule has 6 nitrogen and oxygen atoms in total. The second-order valence-corrected chi connectivity index (χ2v) is 5.30. The Morgan fingerprint density at radius 3 is 2.29 bits per heavy atom. The van der Waals surface area contributed by atoms with E-state index in [0.717, 1.165) is 9.80 Å². The molecule has 0 bridgehead atoms. The SMILES string of the molecule is COc1ccccc1CN1C(=O)C(=O)N(CC(C)C)C1=O. The number of methoxy groups -OCH3 is 1. The van der Waals surface area contributed by atoms with Gasteiger partial charge in [-0.05, 0) is 12.0 Å². The van der Waals surface area contributed by atoms with Crippen LogP contribution >= 0.6 is 0 Å². The zero-order valence-corrected chi connectivity index (χ0v) is 12.3. The maximum atomic E-state index is 12.2. The molecule has 1 aliphatic heterocycles. The van der Waals surface area contributed by atoms with E-state index < -0.39 is 17.8 Å². The van der Waals surface area contributed by atoms with Crippen molar-refractivity contribution in [1.82, 2.24) is 9.80 Å². The van der Waals surface area contributed by atoms with E-state index in [1.165, 1.54) is 7.11 Å². The number of benzene rings is 1. The maximum absolute atomic E-state index is 12.2. The van der Waals surface area contributed by atoms with Gasteiger partial charge in [0, 0.05) is 12.1 Å². The number of imide groups is 2. The van der Waals surface area contributed by atoms with Crippen LogP contribution in [0.15, 0.2) is 24.3 Å². The molecule has 0 radical (unpaired) electrons. The third kappa shape index (κ3) is 2.89. The van der Waals surface area contributed by atoms with Crippen LogP contribution in [0.4, 0.5) is 4.79 Å². The highest BCUT2D eigenvalue weighted by molar-refractivity contribution is 6.44. The molecule has 112 valence electrons. The molecule has 1 heterocycles. The van der Waals surface area contributed by atoms with Crippen LogP contribution in [-0.4, -0.2) is 41.3 Å². The van der Waals surface area contributed by atoms with E-state index in [1.807, 2.05) is 13.8 Å². The molecular weight excluding hydrogens is 272 g/mol. The third-order valence-corrected chi connectivity index (χ3v) is 3.20. The van der Waals surface area contributed by atoms with Crippen LogP contribution in [0.1, 0.15) is 19.4 Å². The van der Waals surface area contributed by atoms with E-state index in [-0.39, 0.29) is 19.0 Å². The molecule has 0 atom stereocenters. The monoisotopic (exact) mass is 290 g/mol. The number of ether oxygens (including phenoxy) is 1. The molecule has 0 aliphatic carbocycles. The average molecular weight is 290 g/mol. The van der Waals surface area contributed by atoms with E-state index in [4.69, 9.17) is 4.74 Å². The first kappa shape index (κ1) is 15.0. The zero-order chi connectivity index (χ0) is 15.6. The Morgan fingerprint density at radius 2 is 1.67 bits per heavy atom. The number of amides is 4. The van der Waals surface area contributed by atoms with Gasteiger partial charge in [-0.1, -0.05) is 32.0 Å². The van der Waals surface area contributed by atoms with Crippen molar-refractivity contribution in [3.05, 3.63) is 29.8 Å². The number of carbonyl (C=O) groups excluding carboxylic acids is 3. The second-order valence-electron chi connectivity index (χ2n) is 5.30. The van der Waals surface area contributed by atoms with Gasteiger partial charge in [0.05, 0.1) is 13.7 Å². The van der Waals surface area contributed by atoms with Crippen molar-refractivity contribution in [2.75, 3.05) is 13.7 Å². The summed E-state index contributed by atoms with van der Waals surface area (Å²) in [6, 6.07) is 6.52. The van der Waals surface area contributed by atoms with Crippen molar-refractivity contribution in [2.24, 2.45) is 5.92 Å². The zero-order valence-electron chi connectivity index (χ0n) is 12.3. The Hall–Kier alpha value is -2.37. The van der Waals surface area contributed by atoms with Crippen LogP contribution in [0, 0.1) is 5.92 Å². The molecule has 1 fully saturated rings. The topological polar surface area (TPSA) is 66.9 Å². The fourth-order valence-electron chi connectivity index (χ4n) is 2.22. The van der Waals surface area contributed by atoms with Crippen molar-refractivity contribution in [2.45, 2.75) is 20.4 Å². The van der Waals surface area contributed by atoms with E-state index >= 15 is 0 Å². The lowest BCUT2D eigenvalue weighted by atomic mass is 10.2. The summed E-state index contributed by atoms with van der Waals surface area (Å²) in [4.78, 5) is 38.1. The van der Waals surface area contributed by atoms with Gasteiger partial charge in [0.2, 0.25) is 0 Å². The highest BCUT2D eigenvalue weighted by atomic mass is 16.5. The lowest BCUT2D eigenvalue weighted by Crippen LogP contribution is -2.35. The molecule has 0 spiro atoms. The summed E-state index contributed by atoms with van der Waals surface area (Å²) in [6.07, 6.45) is 0. The Labute approximate surface area is 123 Å². The molecule has 0 unspecified atom stereocenters. The van der Waals surface area contributed by atoms with Crippen molar-refractivity contribution in [1.29, 1.82) is 0 Å². The molecular formula is C15H18N2O4. The van der Waals surface area contributed by atoms with Crippen molar-refractivity contribution in [3.8, 4) is 5.75 Å². The Kier molecular flexibility index (Phi) is 4.26. The first-order valence-electron chi connectivity index (χ1n) is 6.75. The third-order valence-electron chi connectivity index (χ3n) is 3.20. The molecule has 0 saturated carbocycles. The minimum atomic E-state index is -0.786. The number of nitrogens with zero attached hydrogens (tertiary/aromatic N) is 2. The van der Waals surface area contributed by atoms with Gasteiger partial charge in [-0.25, -0.2) is 4.79 Å². The average Bonchev–Trinajstić information content (AvgIpc) is 2.65. The maximum Gasteiger partial charge on any atom is 0.334 e. The largest absolute Gasteiger partial charge is 0.496 e. The molecule has 4 amide bonds. The Balaban J connectivity index is 2.22. The molecule has 6 heteroatoms. The number of rotatable bonds is 5. The number of urea groups is 1. The van der Waals surface area contributed by atoms with Crippen molar-refractivity contribution in [3.63, 3.8) is 0 Å². The summed E-state index contributed by atoms with van der Waals surface area (Å²) >= 11 is 0. The fraction of sp³-hybridized carbons (Fsp3) is 0.400. The quantitative estimate of drug-likeness (QED) is 0.611. The van der Waals surface area contributed by atoms with Crippen molar-refractivity contribution < 1.29 is 19.1 Å². The highest BCUT2D eigenvalue weighted by Crippen LogP contribution is 2.23. The summed E-state index contributed by atoms with van der Waals surface area (Å²) in [5.41, 5.74) is 0.681. The second kappa shape index (κ2) is 5.95. The first-order valence-corrected chi connectivity index (χ1v) is 6.75. The lowest BCUT2D eigenvalue weighted by Gasteiger charge is -2.18. The normalized spacial score (nSPS) is 15.3. The van der Waals surface area contributed by atoms with Crippen LogP contribution in [-0.2, 0) is 16.1 Å². The van der Waals surface area contributed by atoms with Gasteiger partial charge in [-0.3, -0.25) is 19.4 Å². The van der Waals surface area contributed by atoms with E-state index in [2.05, 4.69) is 0 Å². The van der Waals surface area contributed by atoms with Gasteiger partial charge in [0.1, 0.15) is 5.75 Å². The summed E-state index contributed by atoms with van der Waals surface area (Å²) in [6.45, 7) is 4.04. The summed E-state index contributed by atoms with van der Waals surface area (Å²) in [7, 11) is 1.52. The number of hydrogen-bond acceptors (Lipinski definition) is 4. The van der Waals surface area contributed by atoms with Gasteiger partial charge in [-0.2, -0.15) is 0 Å². The van der Waals surface area contributed by atoms with Crippen LogP contribution in [0.2, 0.25) is 0 Å². The smallest absolute Gasteiger partial charge is 0.334 e. The van der Waals surface area contributed by atoms with Crippen LogP contribution < -0.4 is 4.74 Å². The minimum Gasteiger partial charge on any atom is -0.496 e. The predicted octanol–water partition coefficient (Wildman–Crippen LogP) is 1.64. The van der Waals surface area contributed by atoms with Crippen LogP contribution in [0.5, 0.6) is 5.75 Å². The van der Waals surface area contributed by atoms with E-state index in [0.29, 0.717) is 11.3 Å². The van der Waals surface area contributed by atoms with Gasteiger partial charge in [-0.15, -0.1) is 0 Å². The van der Waals surface area contributed by atoms with E-state index in [1.54, 1.807) is 24.3 Å². The highest BCUT2D eigenvalue weighted by Gasteiger charge is 2.44. The predicted molar refractivity (Wildman–Crippen MR) is 75.5 cm³/mol. The van der Waals surface area contributed by atoms with Gasteiger partial charge < -0.3 is 4.74 Å². The Bertz CT molecular complexity index is 583. The number of carbonyl (C=O) groups is 3. The minimum absolute atomic E-state index is 0.0298.